The number of rotatable bonds is 3. The first-order chi connectivity index (χ1) is 9.60. The smallest absolute Gasteiger partial charge is 0.123 e. The minimum Gasteiger partial charge on any atom is -0.367 e. The van der Waals surface area contributed by atoms with Crippen LogP contribution < -0.4 is 5.73 Å². The highest BCUT2D eigenvalue weighted by atomic mass is 19.1. The monoisotopic (exact) mass is 294 g/mol. The number of nitrogens with two attached hydrogens (primary N) is 1. The lowest BCUT2D eigenvalue weighted by molar-refractivity contribution is -0.189. The third-order valence-corrected chi connectivity index (χ3v) is 3.82. The van der Waals surface area contributed by atoms with Gasteiger partial charge in [-0.05, 0) is 52.3 Å². The molecule has 2 unspecified atom stereocenters. The molecule has 0 aromatic heterocycles. The lowest BCUT2D eigenvalue weighted by atomic mass is 9.92. The highest BCUT2D eigenvalue weighted by Gasteiger charge is 2.41. The first kappa shape index (κ1) is 16.4. The summed E-state index contributed by atoms with van der Waals surface area (Å²) in [6.45, 7) is 12.0. The van der Waals surface area contributed by atoms with Crippen LogP contribution in [-0.4, -0.2) is 35.2 Å². The highest BCUT2D eigenvalue weighted by molar-refractivity contribution is 5.22. The van der Waals surface area contributed by atoms with Crippen molar-refractivity contribution >= 4 is 0 Å². The summed E-state index contributed by atoms with van der Waals surface area (Å²) in [5.41, 5.74) is 6.84. The summed E-state index contributed by atoms with van der Waals surface area (Å²) in [7, 11) is 0. The van der Waals surface area contributed by atoms with Crippen LogP contribution in [0.2, 0.25) is 0 Å². The Kier molecular flexibility index (Phi) is 4.43. The molecule has 0 aliphatic carbocycles. The molecule has 0 bridgehead atoms. The number of hydrogen-bond donors (Lipinski definition) is 1. The van der Waals surface area contributed by atoms with E-state index in [1.54, 1.807) is 0 Å². The summed E-state index contributed by atoms with van der Waals surface area (Å²) in [5, 5.41) is 0. The molecule has 1 aliphatic rings. The normalized spacial score (nSPS) is 24.5. The molecule has 1 saturated heterocycles. The molecule has 2 N–H and O–H groups in total. The van der Waals surface area contributed by atoms with Crippen LogP contribution >= 0.6 is 0 Å². The van der Waals surface area contributed by atoms with Crippen molar-refractivity contribution in [3.05, 3.63) is 35.6 Å². The second-order valence-electron chi connectivity index (χ2n) is 7.38. The largest absolute Gasteiger partial charge is 0.367 e. The lowest BCUT2D eigenvalue weighted by Crippen LogP contribution is -2.59. The van der Waals surface area contributed by atoms with E-state index in [2.05, 4.69) is 32.6 Å². The standard InChI is InChI=1S/C17H27FN2O/c1-12(19)15(13-6-8-14(18)9-7-13)20-10-16(2,3)21-17(4,5)11-20/h6-9,12,15H,10-11,19H2,1-5H3. The predicted molar refractivity (Wildman–Crippen MR) is 83.6 cm³/mol. The first-order valence-corrected chi connectivity index (χ1v) is 7.55. The van der Waals surface area contributed by atoms with Crippen LogP contribution in [0.1, 0.15) is 46.2 Å². The summed E-state index contributed by atoms with van der Waals surface area (Å²) in [5.74, 6) is -0.218. The van der Waals surface area contributed by atoms with Gasteiger partial charge in [0.25, 0.3) is 0 Å². The van der Waals surface area contributed by atoms with Gasteiger partial charge in [-0.1, -0.05) is 12.1 Å². The summed E-state index contributed by atoms with van der Waals surface area (Å²) < 4.78 is 19.3. The second-order valence-corrected chi connectivity index (χ2v) is 7.38. The van der Waals surface area contributed by atoms with E-state index in [0.29, 0.717) is 0 Å². The number of halogens is 1. The topological polar surface area (TPSA) is 38.5 Å². The molecule has 0 radical (unpaired) electrons. The zero-order valence-electron chi connectivity index (χ0n) is 13.7. The van der Waals surface area contributed by atoms with Gasteiger partial charge in [0.15, 0.2) is 0 Å². The van der Waals surface area contributed by atoms with Gasteiger partial charge in [-0.15, -0.1) is 0 Å². The van der Waals surface area contributed by atoms with Gasteiger partial charge in [-0.25, -0.2) is 4.39 Å². The Morgan fingerprint density at radius 3 is 2.00 bits per heavy atom. The first-order valence-electron chi connectivity index (χ1n) is 7.55. The van der Waals surface area contributed by atoms with Crippen LogP contribution in [0, 0.1) is 5.82 Å². The molecular weight excluding hydrogens is 267 g/mol. The van der Waals surface area contributed by atoms with Gasteiger partial charge in [0.05, 0.1) is 11.2 Å². The van der Waals surface area contributed by atoms with Crippen molar-refractivity contribution in [2.75, 3.05) is 13.1 Å². The molecule has 1 aromatic carbocycles. The van der Waals surface area contributed by atoms with Gasteiger partial charge >= 0.3 is 0 Å². The molecule has 0 spiro atoms. The quantitative estimate of drug-likeness (QED) is 0.931. The van der Waals surface area contributed by atoms with Crippen molar-refractivity contribution < 1.29 is 9.13 Å². The fourth-order valence-electron chi connectivity index (χ4n) is 3.55. The third-order valence-electron chi connectivity index (χ3n) is 3.82. The SMILES string of the molecule is CC(N)C(c1ccc(F)cc1)N1CC(C)(C)OC(C)(C)C1. The number of ether oxygens (including phenoxy) is 1. The number of hydrogen-bond acceptors (Lipinski definition) is 3. The molecule has 118 valence electrons. The summed E-state index contributed by atoms with van der Waals surface area (Å²) >= 11 is 0. The van der Waals surface area contributed by atoms with Crippen LogP contribution in [-0.2, 0) is 4.74 Å². The Morgan fingerprint density at radius 2 is 1.57 bits per heavy atom. The van der Waals surface area contributed by atoms with E-state index in [0.717, 1.165) is 18.7 Å². The van der Waals surface area contributed by atoms with E-state index in [9.17, 15) is 4.39 Å². The Morgan fingerprint density at radius 1 is 1.10 bits per heavy atom. The van der Waals surface area contributed by atoms with Gasteiger partial charge in [-0.3, -0.25) is 4.90 Å². The van der Waals surface area contributed by atoms with Crippen molar-refractivity contribution in [3.63, 3.8) is 0 Å². The number of morpholine rings is 1. The molecule has 1 heterocycles. The molecule has 1 aromatic rings. The van der Waals surface area contributed by atoms with Crippen molar-refractivity contribution in [2.45, 2.75) is 57.9 Å². The maximum Gasteiger partial charge on any atom is 0.123 e. The van der Waals surface area contributed by atoms with Gasteiger partial charge in [-0.2, -0.15) is 0 Å². The third kappa shape index (κ3) is 4.02. The molecule has 3 nitrogen and oxygen atoms in total. The summed E-state index contributed by atoms with van der Waals surface area (Å²) in [4.78, 5) is 2.36. The average Bonchev–Trinajstić information content (AvgIpc) is 2.27. The van der Waals surface area contributed by atoms with Crippen LogP contribution in [0.5, 0.6) is 0 Å². The van der Waals surface area contributed by atoms with Gasteiger partial charge in [0.2, 0.25) is 0 Å². The summed E-state index contributed by atoms with van der Waals surface area (Å²) in [6, 6.07) is 6.69. The zero-order valence-corrected chi connectivity index (χ0v) is 13.7. The summed E-state index contributed by atoms with van der Waals surface area (Å²) in [6.07, 6.45) is 0. The van der Waals surface area contributed by atoms with Crippen molar-refractivity contribution in [1.82, 2.24) is 4.90 Å². The van der Waals surface area contributed by atoms with E-state index < -0.39 is 0 Å². The Balaban J connectivity index is 2.31. The van der Waals surface area contributed by atoms with Crippen molar-refractivity contribution in [2.24, 2.45) is 5.73 Å². The molecule has 4 heteroatoms. The zero-order chi connectivity index (χ0) is 15.8. The van der Waals surface area contributed by atoms with E-state index in [-0.39, 0.29) is 29.1 Å². The maximum absolute atomic E-state index is 13.2. The minimum atomic E-state index is -0.227. The molecule has 0 saturated carbocycles. The lowest BCUT2D eigenvalue weighted by Gasteiger charge is -2.50. The molecule has 1 aliphatic heterocycles. The van der Waals surface area contributed by atoms with Gasteiger partial charge in [0.1, 0.15) is 5.82 Å². The predicted octanol–water partition coefficient (Wildman–Crippen LogP) is 3.10. The number of benzene rings is 1. The Bertz CT molecular complexity index is 466. The van der Waals surface area contributed by atoms with E-state index >= 15 is 0 Å². The number of nitrogens with zero attached hydrogens (tertiary/aromatic N) is 1. The molecule has 0 amide bonds. The van der Waals surface area contributed by atoms with E-state index in [4.69, 9.17) is 10.5 Å². The fourth-order valence-corrected chi connectivity index (χ4v) is 3.55. The van der Waals surface area contributed by atoms with Crippen LogP contribution in [0.25, 0.3) is 0 Å². The van der Waals surface area contributed by atoms with Crippen LogP contribution in [0.15, 0.2) is 24.3 Å². The second kappa shape index (κ2) is 5.67. The fraction of sp³-hybridized carbons (Fsp3) is 0.647. The van der Waals surface area contributed by atoms with Gasteiger partial charge in [0, 0.05) is 25.2 Å². The van der Waals surface area contributed by atoms with Crippen LogP contribution in [0.4, 0.5) is 4.39 Å². The maximum atomic E-state index is 13.2. The van der Waals surface area contributed by atoms with Gasteiger partial charge < -0.3 is 10.5 Å². The molecule has 2 rings (SSSR count). The average molecular weight is 294 g/mol. The van der Waals surface area contributed by atoms with Crippen molar-refractivity contribution in [3.8, 4) is 0 Å². The highest BCUT2D eigenvalue weighted by Crippen LogP contribution is 2.34. The van der Waals surface area contributed by atoms with Crippen LogP contribution in [0.3, 0.4) is 0 Å². The Hall–Kier alpha value is -0.970. The molecule has 1 fully saturated rings. The van der Waals surface area contributed by atoms with Crippen molar-refractivity contribution in [1.29, 1.82) is 0 Å². The molecule has 2 atom stereocenters. The van der Waals surface area contributed by atoms with E-state index in [1.165, 1.54) is 12.1 Å². The Labute approximate surface area is 127 Å². The molecular formula is C17H27FN2O. The van der Waals surface area contributed by atoms with E-state index in [1.807, 2.05) is 19.1 Å². The minimum absolute atomic E-state index is 0.0415. The molecule has 21 heavy (non-hydrogen) atoms.